The van der Waals surface area contributed by atoms with Crippen molar-refractivity contribution in [1.82, 2.24) is 4.90 Å². The van der Waals surface area contributed by atoms with Crippen molar-refractivity contribution in [3.05, 3.63) is 40.9 Å². The molecule has 1 heterocycles. The number of rotatable bonds is 5. The first kappa shape index (κ1) is 19.5. The summed E-state index contributed by atoms with van der Waals surface area (Å²) in [7, 11) is -1.56. The molecule has 136 valence electrons. The summed E-state index contributed by atoms with van der Waals surface area (Å²) in [6, 6.07) is 6.56. The van der Waals surface area contributed by atoms with Crippen molar-refractivity contribution < 1.29 is 22.7 Å². The molecule has 2 rings (SSSR count). The van der Waals surface area contributed by atoms with Crippen LogP contribution in [0.2, 0.25) is 5.02 Å². The molecule has 6 nitrogen and oxygen atoms in total. The summed E-state index contributed by atoms with van der Waals surface area (Å²) in [5.74, 6) is -1.06. The Balaban J connectivity index is 1.90. The van der Waals surface area contributed by atoms with Crippen molar-refractivity contribution >= 4 is 39.4 Å². The Labute approximate surface area is 152 Å². The lowest BCUT2D eigenvalue weighted by molar-refractivity contribution is -0.155. The third-order valence-corrected chi connectivity index (χ3v) is 5.99. The summed E-state index contributed by atoms with van der Waals surface area (Å²) >= 11 is 5.86. The van der Waals surface area contributed by atoms with Crippen molar-refractivity contribution in [2.75, 3.05) is 18.6 Å². The molecule has 25 heavy (non-hydrogen) atoms. The summed E-state index contributed by atoms with van der Waals surface area (Å²) in [6.45, 7) is 1.47. The summed E-state index contributed by atoms with van der Waals surface area (Å²) in [6.07, 6.45) is 2.17. The molecule has 0 aliphatic carbocycles. The van der Waals surface area contributed by atoms with Crippen LogP contribution in [-0.2, 0) is 24.2 Å². The van der Waals surface area contributed by atoms with Gasteiger partial charge in [-0.15, -0.1) is 0 Å². The number of likely N-dealkylation sites (N-methyl/N-ethyl adjacent to an activating group) is 1. The van der Waals surface area contributed by atoms with E-state index in [1.54, 1.807) is 30.3 Å². The van der Waals surface area contributed by atoms with Crippen LogP contribution >= 0.6 is 11.6 Å². The fourth-order valence-electron chi connectivity index (χ4n) is 2.59. The van der Waals surface area contributed by atoms with Crippen molar-refractivity contribution in [3.8, 4) is 0 Å². The number of benzene rings is 1. The predicted octanol–water partition coefficient (Wildman–Crippen LogP) is 1.93. The number of carbonyl (C=O) groups is 2. The molecule has 2 atom stereocenters. The van der Waals surface area contributed by atoms with Gasteiger partial charge in [0.15, 0.2) is 15.9 Å². The zero-order chi connectivity index (χ0) is 18.6. The molecule has 8 heteroatoms. The van der Waals surface area contributed by atoms with Crippen LogP contribution in [0.3, 0.4) is 0 Å². The lowest BCUT2D eigenvalue weighted by Crippen LogP contribution is -2.44. The molecule has 1 aliphatic heterocycles. The Bertz CT molecular complexity index is 790. The van der Waals surface area contributed by atoms with Crippen LogP contribution in [0.25, 0.3) is 6.08 Å². The molecular weight excluding hydrogens is 366 g/mol. The number of halogens is 1. The normalized spacial score (nSPS) is 20.4. The molecule has 2 unspecified atom stereocenters. The summed E-state index contributed by atoms with van der Waals surface area (Å²) < 4.78 is 28.1. The van der Waals surface area contributed by atoms with Crippen LogP contribution in [0.5, 0.6) is 0 Å². The number of sulfone groups is 1. The van der Waals surface area contributed by atoms with Crippen molar-refractivity contribution in [3.63, 3.8) is 0 Å². The Hall–Kier alpha value is -1.86. The number of amides is 1. The Kier molecular flexibility index (Phi) is 6.24. The standard InChI is InChI=1S/C17H20ClNO5S/c1-12(17(21)19(2)15-8-9-25(22,23)11-15)24-16(20)7-6-13-4-3-5-14(18)10-13/h3-7,10,12,15H,8-9,11H2,1-2H3/b7-6+. The van der Waals surface area contributed by atoms with Crippen molar-refractivity contribution in [2.45, 2.75) is 25.5 Å². The van der Waals surface area contributed by atoms with Gasteiger partial charge in [0.05, 0.1) is 11.5 Å². The number of hydrogen-bond donors (Lipinski definition) is 0. The predicted molar refractivity (Wildman–Crippen MR) is 95.9 cm³/mol. The first-order valence-corrected chi connectivity index (χ1v) is 9.99. The molecule has 0 saturated carbocycles. The monoisotopic (exact) mass is 385 g/mol. The fourth-order valence-corrected chi connectivity index (χ4v) is 4.56. The quantitative estimate of drug-likeness (QED) is 0.571. The molecule has 0 bridgehead atoms. The second-order valence-electron chi connectivity index (χ2n) is 5.97. The highest BCUT2D eigenvalue weighted by atomic mass is 35.5. The maximum Gasteiger partial charge on any atom is 0.331 e. The van der Waals surface area contributed by atoms with Gasteiger partial charge in [-0.3, -0.25) is 4.79 Å². The maximum atomic E-state index is 12.3. The molecule has 1 amide bonds. The van der Waals surface area contributed by atoms with E-state index in [-0.39, 0.29) is 17.5 Å². The summed E-state index contributed by atoms with van der Waals surface area (Å²) in [5, 5.41) is 0.548. The first-order chi connectivity index (χ1) is 11.7. The Morgan fingerprint density at radius 2 is 2.12 bits per heavy atom. The molecular formula is C17H20ClNO5S. The minimum Gasteiger partial charge on any atom is -0.449 e. The molecule has 1 aromatic carbocycles. The van der Waals surface area contributed by atoms with Gasteiger partial charge in [-0.2, -0.15) is 0 Å². The minimum absolute atomic E-state index is 0.0510. The zero-order valence-corrected chi connectivity index (χ0v) is 15.6. The zero-order valence-electron chi connectivity index (χ0n) is 14.0. The highest BCUT2D eigenvalue weighted by molar-refractivity contribution is 7.91. The minimum atomic E-state index is -3.09. The number of carbonyl (C=O) groups excluding carboxylic acids is 2. The SMILES string of the molecule is CC(OC(=O)/C=C/c1cccc(Cl)c1)C(=O)N(C)C1CCS(=O)(=O)C1. The van der Waals surface area contributed by atoms with E-state index < -0.39 is 27.8 Å². The topological polar surface area (TPSA) is 80.8 Å². The average Bonchev–Trinajstić information content (AvgIpc) is 2.91. The van der Waals surface area contributed by atoms with E-state index in [0.29, 0.717) is 11.4 Å². The lowest BCUT2D eigenvalue weighted by atomic mass is 10.2. The Morgan fingerprint density at radius 3 is 2.72 bits per heavy atom. The van der Waals surface area contributed by atoms with E-state index in [2.05, 4.69) is 0 Å². The van der Waals surface area contributed by atoms with E-state index in [1.165, 1.54) is 24.9 Å². The van der Waals surface area contributed by atoms with Crippen LogP contribution in [0, 0.1) is 0 Å². The smallest absolute Gasteiger partial charge is 0.331 e. The second-order valence-corrected chi connectivity index (χ2v) is 8.64. The van der Waals surface area contributed by atoms with Gasteiger partial charge < -0.3 is 9.64 Å². The fraction of sp³-hybridized carbons (Fsp3) is 0.412. The van der Waals surface area contributed by atoms with E-state index in [1.807, 2.05) is 0 Å². The van der Waals surface area contributed by atoms with Crippen LogP contribution in [-0.4, -0.2) is 55.9 Å². The number of hydrogen-bond acceptors (Lipinski definition) is 5. The number of esters is 1. The second kappa shape index (κ2) is 8.01. The van der Waals surface area contributed by atoms with Gasteiger partial charge in [-0.05, 0) is 37.1 Å². The molecule has 1 saturated heterocycles. The third kappa shape index (κ3) is 5.57. The molecule has 0 aromatic heterocycles. The third-order valence-electron chi connectivity index (χ3n) is 4.00. The van der Waals surface area contributed by atoms with E-state index in [4.69, 9.17) is 16.3 Å². The Morgan fingerprint density at radius 1 is 1.40 bits per heavy atom. The van der Waals surface area contributed by atoms with E-state index in [0.717, 1.165) is 5.56 Å². The van der Waals surface area contributed by atoms with Gasteiger partial charge in [-0.1, -0.05) is 23.7 Å². The first-order valence-electron chi connectivity index (χ1n) is 7.79. The van der Waals surface area contributed by atoms with Gasteiger partial charge >= 0.3 is 5.97 Å². The van der Waals surface area contributed by atoms with Gasteiger partial charge in [0.2, 0.25) is 0 Å². The molecule has 1 aliphatic rings. The van der Waals surface area contributed by atoms with Crippen LogP contribution in [0.1, 0.15) is 18.9 Å². The van der Waals surface area contributed by atoms with Crippen LogP contribution in [0.15, 0.2) is 30.3 Å². The van der Waals surface area contributed by atoms with E-state index in [9.17, 15) is 18.0 Å². The average molecular weight is 386 g/mol. The molecule has 0 N–H and O–H groups in total. The number of ether oxygens (including phenoxy) is 1. The lowest BCUT2D eigenvalue weighted by Gasteiger charge is -2.26. The van der Waals surface area contributed by atoms with E-state index >= 15 is 0 Å². The van der Waals surface area contributed by atoms with Crippen molar-refractivity contribution in [2.24, 2.45) is 0 Å². The molecule has 0 spiro atoms. The molecule has 1 fully saturated rings. The molecule has 0 radical (unpaired) electrons. The highest BCUT2D eigenvalue weighted by Gasteiger charge is 2.34. The maximum absolute atomic E-state index is 12.3. The van der Waals surface area contributed by atoms with Crippen molar-refractivity contribution in [1.29, 1.82) is 0 Å². The highest BCUT2D eigenvalue weighted by Crippen LogP contribution is 2.18. The van der Waals surface area contributed by atoms with Gasteiger partial charge in [0.25, 0.3) is 5.91 Å². The molecule has 1 aromatic rings. The summed E-state index contributed by atoms with van der Waals surface area (Å²) in [4.78, 5) is 25.5. The van der Waals surface area contributed by atoms with Crippen LogP contribution < -0.4 is 0 Å². The largest absolute Gasteiger partial charge is 0.449 e. The summed E-state index contributed by atoms with van der Waals surface area (Å²) in [5.41, 5.74) is 0.733. The van der Waals surface area contributed by atoms with Gasteiger partial charge in [0.1, 0.15) is 0 Å². The number of nitrogens with zero attached hydrogens (tertiary/aromatic N) is 1. The van der Waals surface area contributed by atoms with Crippen LogP contribution in [0.4, 0.5) is 0 Å². The van der Waals surface area contributed by atoms with Gasteiger partial charge in [-0.25, -0.2) is 13.2 Å². The van der Waals surface area contributed by atoms with Gasteiger partial charge in [0, 0.05) is 24.2 Å².